The number of carbonyl (C=O) groups excluding carboxylic acids is 1. The lowest BCUT2D eigenvalue weighted by Gasteiger charge is -2.35. The summed E-state index contributed by atoms with van der Waals surface area (Å²) < 4.78 is 5.88. The zero-order chi connectivity index (χ0) is 11.8. The maximum atomic E-state index is 11.3. The number of piperazine rings is 1. The summed E-state index contributed by atoms with van der Waals surface area (Å²) >= 11 is 3.31. The molecule has 1 atom stereocenters. The number of anilines is 1. The molecule has 0 aromatic carbocycles. The Morgan fingerprint density at radius 2 is 2.12 bits per heavy atom. The smallest absolute Gasteiger partial charge is 0.410 e. The highest BCUT2D eigenvalue weighted by molar-refractivity contribution is 9.10. The van der Waals surface area contributed by atoms with Crippen LogP contribution in [0.5, 0.6) is 0 Å². The van der Waals surface area contributed by atoms with Crippen molar-refractivity contribution in [1.29, 1.82) is 0 Å². The van der Waals surface area contributed by atoms with Crippen LogP contribution in [0, 0.1) is 0 Å². The summed E-state index contributed by atoms with van der Waals surface area (Å²) in [5, 5.41) is 0. The molecule has 2 fully saturated rings. The van der Waals surface area contributed by atoms with E-state index in [1.54, 1.807) is 17.3 Å². The first-order valence-corrected chi connectivity index (χ1v) is 6.19. The van der Waals surface area contributed by atoms with E-state index in [9.17, 15) is 4.79 Å². The molecule has 2 saturated heterocycles. The van der Waals surface area contributed by atoms with Gasteiger partial charge in [-0.1, -0.05) is 0 Å². The quantitative estimate of drug-likeness (QED) is 0.770. The van der Waals surface area contributed by atoms with Gasteiger partial charge in [-0.25, -0.2) is 14.8 Å². The highest BCUT2D eigenvalue weighted by Crippen LogP contribution is 2.20. The molecule has 17 heavy (non-hydrogen) atoms. The summed E-state index contributed by atoms with van der Waals surface area (Å²) in [4.78, 5) is 23.7. The molecule has 1 amide bonds. The van der Waals surface area contributed by atoms with Crippen LogP contribution in [-0.2, 0) is 4.74 Å². The number of fused-ring (bicyclic) bond motifs is 1. The van der Waals surface area contributed by atoms with Crippen LogP contribution in [0.2, 0.25) is 0 Å². The number of amides is 1. The summed E-state index contributed by atoms with van der Waals surface area (Å²) in [5.41, 5.74) is 0. The third-order valence-corrected chi connectivity index (χ3v) is 3.42. The van der Waals surface area contributed by atoms with Gasteiger partial charge in [0.2, 0.25) is 5.95 Å². The van der Waals surface area contributed by atoms with Gasteiger partial charge in [-0.05, 0) is 15.9 Å². The molecule has 0 aliphatic carbocycles. The van der Waals surface area contributed by atoms with Crippen molar-refractivity contribution in [3.8, 4) is 0 Å². The Labute approximate surface area is 107 Å². The number of hydrogen-bond donors (Lipinski definition) is 0. The highest BCUT2D eigenvalue weighted by Gasteiger charge is 2.37. The lowest BCUT2D eigenvalue weighted by atomic mass is 10.2. The Morgan fingerprint density at radius 1 is 1.35 bits per heavy atom. The van der Waals surface area contributed by atoms with Gasteiger partial charge < -0.3 is 9.64 Å². The summed E-state index contributed by atoms with van der Waals surface area (Å²) in [7, 11) is 0. The number of ether oxygens (including phenoxy) is 1. The number of nitrogens with zero attached hydrogens (tertiary/aromatic N) is 4. The minimum absolute atomic E-state index is 0.128. The topological polar surface area (TPSA) is 58.6 Å². The molecule has 0 spiro atoms. The molecule has 1 unspecified atom stereocenters. The number of hydrogen-bond acceptors (Lipinski definition) is 5. The van der Waals surface area contributed by atoms with Crippen LogP contribution in [0.25, 0.3) is 0 Å². The van der Waals surface area contributed by atoms with Crippen LogP contribution in [0.1, 0.15) is 0 Å². The van der Waals surface area contributed by atoms with Crippen molar-refractivity contribution < 1.29 is 9.53 Å². The van der Waals surface area contributed by atoms with Crippen molar-refractivity contribution >= 4 is 28.0 Å². The van der Waals surface area contributed by atoms with Crippen molar-refractivity contribution in [3.63, 3.8) is 0 Å². The molecule has 3 heterocycles. The van der Waals surface area contributed by atoms with Gasteiger partial charge in [0, 0.05) is 32.0 Å². The zero-order valence-electron chi connectivity index (χ0n) is 9.04. The molecule has 3 rings (SSSR count). The molecule has 90 valence electrons. The second kappa shape index (κ2) is 4.14. The van der Waals surface area contributed by atoms with Crippen molar-refractivity contribution in [2.24, 2.45) is 0 Å². The Balaban J connectivity index is 1.75. The highest BCUT2D eigenvalue weighted by atomic mass is 79.9. The standard InChI is InChI=1S/C10H11BrN4O2/c11-7-3-12-9(13-4-7)14-1-2-15-8(5-14)6-17-10(15)16/h3-4,8H,1-2,5-6H2. The number of carbonyl (C=O) groups is 1. The first-order chi connectivity index (χ1) is 8.24. The third-order valence-electron chi connectivity index (χ3n) is 3.01. The minimum Gasteiger partial charge on any atom is -0.447 e. The van der Waals surface area contributed by atoms with Gasteiger partial charge in [-0.3, -0.25) is 4.90 Å². The van der Waals surface area contributed by atoms with Gasteiger partial charge in [0.25, 0.3) is 0 Å². The van der Waals surface area contributed by atoms with E-state index < -0.39 is 0 Å². The first kappa shape index (κ1) is 10.8. The van der Waals surface area contributed by atoms with Crippen molar-refractivity contribution in [2.75, 3.05) is 31.1 Å². The van der Waals surface area contributed by atoms with Crippen LogP contribution in [0.3, 0.4) is 0 Å². The average Bonchev–Trinajstić information content (AvgIpc) is 2.72. The normalized spacial score (nSPS) is 23.6. The Hall–Kier alpha value is -1.37. The second-order valence-corrected chi connectivity index (χ2v) is 4.99. The maximum absolute atomic E-state index is 11.3. The number of halogens is 1. The largest absolute Gasteiger partial charge is 0.447 e. The van der Waals surface area contributed by atoms with E-state index in [4.69, 9.17) is 4.74 Å². The van der Waals surface area contributed by atoms with E-state index in [0.717, 1.165) is 17.6 Å². The van der Waals surface area contributed by atoms with Gasteiger partial charge >= 0.3 is 6.09 Å². The number of rotatable bonds is 1. The fourth-order valence-electron chi connectivity index (χ4n) is 2.14. The first-order valence-electron chi connectivity index (χ1n) is 5.40. The van der Waals surface area contributed by atoms with E-state index in [-0.39, 0.29) is 12.1 Å². The van der Waals surface area contributed by atoms with Gasteiger partial charge in [0.05, 0.1) is 10.5 Å². The van der Waals surface area contributed by atoms with E-state index in [1.807, 2.05) is 0 Å². The van der Waals surface area contributed by atoms with Crippen LogP contribution in [0.4, 0.5) is 10.7 Å². The minimum atomic E-state index is -0.202. The molecule has 2 aliphatic rings. The van der Waals surface area contributed by atoms with Crippen LogP contribution < -0.4 is 4.90 Å². The summed E-state index contributed by atoms with van der Waals surface area (Å²) in [6.45, 7) is 2.61. The zero-order valence-corrected chi connectivity index (χ0v) is 10.6. The van der Waals surface area contributed by atoms with Gasteiger partial charge in [-0.15, -0.1) is 0 Å². The molecule has 0 radical (unpaired) electrons. The van der Waals surface area contributed by atoms with Gasteiger partial charge in [0.15, 0.2) is 0 Å². The molecular formula is C10H11BrN4O2. The fraction of sp³-hybridized carbons (Fsp3) is 0.500. The molecule has 2 aliphatic heterocycles. The fourth-order valence-corrected chi connectivity index (χ4v) is 2.34. The summed E-state index contributed by atoms with van der Waals surface area (Å²) in [6.07, 6.45) is 3.25. The predicted octanol–water partition coefficient (Wildman–Crippen LogP) is 0.880. The SMILES string of the molecule is O=C1OCC2CN(c3ncc(Br)cn3)CCN12. The average molecular weight is 299 g/mol. The Kier molecular flexibility index (Phi) is 2.62. The van der Waals surface area contributed by atoms with Crippen molar-refractivity contribution in [1.82, 2.24) is 14.9 Å². The summed E-state index contributed by atoms with van der Waals surface area (Å²) in [5.74, 6) is 0.701. The van der Waals surface area contributed by atoms with Crippen molar-refractivity contribution in [3.05, 3.63) is 16.9 Å². The molecule has 1 aromatic heterocycles. The summed E-state index contributed by atoms with van der Waals surface area (Å²) in [6, 6.07) is 0.128. The Bertz CT molecular complexity index is 438. The molecule has 1 aromatic rings. The molecule has 7 heteroatoms. The van der Waals surface area contributed by atoms with Crippen LogP contribution >= 0.6 is 15.9 Å². The third kappa shape index (κ3) is 1.95. The monoisotopic (exact) mass is 298 g/mol. The molecule has 0 saturated carbocycles. The molecule has 0 bridgehead atoms. The Morgan fingerprint density at radius 3 is 2.88 bits per heavy atom. The van der Waals surface area contributed by atoms with E-state index in [1.165, 1.54) is 0 Å². The van der Waals surface area contributed by atoms with Gasteiger partial charge in [0.1, 0.15) is 6.61 Å². The maximum Gasteiger partial charge on any atom is 0.410 e. The van der Waals surface area contributed by atoms with Crippen LogP contribution in [-0.4, -0.2) is 53.2 Å². The van der Waals surface area contributed by atoms with Crippen LogP contribution in [0.15, 0.2) is 16.9 Å². The van der Waals surface area contributed by atoms with E-state index in [2.05, 4.69) is 30.8 Å². The van der Waals surface area contributed by atoms with Gasteiger partial charge in [-0.2, -0.15) is 0 Å². The number of cyclic esters (lactones) is 1. The second-order valence-electron chi connectivity index (χ2n) is 4.07. The van der Waals surface area contributed by atoms with E-state index in [0.29, 0.717) is 19.1 Å². The van der Waals surface area contributed by atoms with E-state index >= 15 is 0 Å². The van der Waals surface area contributed by atoms with Crippen molar-refractivity contribution in [2.45, 2.75) is 6.04 Å². The lowest BCUT2D eigenvalue weighted by molar-refractivity contribution is 0.157. The molecular weight excluding hydrogens is 288 g/mol. The molecule has 6 nitrogen and oxygen atoms in total. The predicted molar refractivity (Wildman–Crippen MR) is 63.8 cm³/mol. The lowest BCUT2D eigenvalue weighted by Crippen LogP contribution is -2.52. The number of aromatic nitrogens is 2. The molecule has 0 N–H and O–H groups in total.